The van der Waals surface area contributed by atoms with E-state index in [-0.39, 0.29) is 11.9 Å². The molecule has 1 saturated carbocycles. The number of carbonyl (C=O) groups is 1. The summed E-state index contributed by atoms with van der Waals surface area (Å²) >= 11 is 0. The van der Waals surface area contributed by atoms with Crippen LogP contribution in [-0.2, 0) is 12.8 Å². The molecule has 0 bridgehead atoms. The van der Waals surface area contributed by atoms with Gasteiger partial charge in [0, 0.05) is 24.1 Å². The Kier molecular flexibility index (Phi) is 3.89. The number of amides is 1. The number of rotatable bonds is 3. The van der Waals surface area contributed by atoms with Crippen molar-refractivity contribution in [2.45, 2.75) is 63.3 Å². The van der Waals surface area contributed by atoms with Crippen LogP contribution in [0.2, 0.25) is 0 Å². The van der Waals surface area contributed by atoms with Crippen LogP contribution >= 0.6 is 0 Å². The number of carbonyl (C=O) groups excluding carboxylic acids is 1. The molecule has 1 amide bonds. The highest BCUT2D eigenvalue weighted by molar-refractivity contribution is 5.95. The number of fused-ring (bicyclic) bond motifs is 1. The molecule has 23 heavy (non-hydrogen) atoms. The van der Waals surface area contributed by atoms with Crippen LogP contribution in [-0.4, -0.2) is 32.3 Å². The number of aryl methyl sites for hydroxylation is 1. The van der Waals surface area contributed by atoms with E-state index >= 15 is 0 Å². The van der Waals surface area contributed by atoms with Crippen molar-refractivity contribution in [3.63, 3.8) is 0 Å². The van der Waals surface area contributed by atoms with Gasteiger partial charge in [-0.1, -0.05) is 19.3 Å². The van der Waals surface area contributed by atoms with E-state index in [4.69, 9.17) is 0 Å². The molecule has 3 N–H and O–H groups in total. The van der Waals surface area contributed by atoms with Crippen molar-refractivity contribution < 1.29 is 4.79 Å². The fraction of sp³-hybridized carbons (Fsp3) is 0.588. The van der Waals surface area contributed by atoms with Crippen LogP contribution in [0.5, 0.6) is 0 Å². The summed E-state index contributed by atoms with van der Waals surface area (Å²) in [5.74, 6) is 0.463. The number of aromatic nitrogens is 4. The predicted molar refractivity (Wildman–Crippen MR) is 86.3 cm³/mol. The van der Waals surface area contributed by atoms with Crippen molar-refractivity contribution in [3.05, 3.63) is 34.9 Å². The SMILES string of the molecule is O=C(N[C@H]1CCc2cn[nH]c2C1)c1cn[nH]c1C1CCCCC1. The molecule has 0 spiro atoms. The molecule has 0 aliphatic heterocycles. The maximum absolute atomic E-state index is 12.7. The first-order chi connectivity index (χ1) is 11.3. The molecule has 0 radical (unpaired) electrons. The van der Waals surface area contributed by atoms with Crippen molar-refractivity contribution in [2.75, 3.05) is 0 Å². The molecular formula is C17H23N5O. The number of hydrogen-bond donors (Lipinski definition) is 3. The first kappa shape index (κ1) is 14.5. The van der Waals surface area contributed by atoms with E-state index < -0.39 is 0 Å². The Labute approximate surface area is 135 Å². The van der Waals surface area contributed by atoms with Crippen molar-refractivity contribution >= 4 is 5.91 Å². The van der Waals surface area contributed by atoms with Gasteiger partial charge in [-0.15, -0.1) is 0 Å². The van der Waals surface area contributed by atoms with Gasteiger partial charge in [-0.25, -0.2) is 0 Å². The summed E-state index contributed by atoms with van der Waals surface area (Å²) in [5, 5.41) is 17.5. The van der Waals surface area contributed by atoms with Gasteiger partial charge >= 0.3 is 0 Å². The largest absolute Gasteiger partial charge is 0.349 e. The summed E-state index contributed by atoms with van der Waals surface area (Å²) in [5.41, 5.74) is 4.19. The third-order valence-corrected chi connectivity index (χ3v) is 5.28. The molecule has 2 aliphatic carbocycles. The quantitative estimate of drug-likeness (QED) is 0.813. The fourth-order valence-electron chi connectivity index (χ4n) is 3.97. The van der Waals surface area contributed by atoms with Crippen LogP contribution in [0, 0.1) is 0 Å². The van der Waals surface area contributed by atoms with Crippen molar-refractivity contribution in [1.82, 2.24) is 25.7 Å². The monoisotopic (exact) mass is 313 g/mol. The van der Waals surface area contributed by atoms with Gasteiger partial charge in [-0.3, -0.25) is 15.0 Å². The van der Waals surface area contributed by atoms with Crippen LogP contribution in [0.1, 0.15) is 71.8 Å². The Morgan fingerprint density at radius 2 is 1.91 bits per heavy atom. The highest BCUT2D eigenvalue weighted by Crippen LogP contribution is 2.33. The van der Waals surface area contributed by atoms with Gasteiger partial charge in [-0.2, -0.15) is 10.2 Å². The number of H-pyrrole nitrogens is 2. The van der Waals surface area contributed by atoms with Crippen molar-refractivity contribution in [2.24, 2.45) is 0 Å². The molecule has 2 aromatic heterocycles. The molecule has 1 atom stereocenters. The van der Waals surface area contributed by atoms with E-state index in [9.17, 15) is 4.79 Å². The molecule has 122 valence electrons. The molecule has 2 heterocycles. The second-order valence-electron chi connectivity index (χ2n) is 6.82. The summed E-state index contributed by atoms with van der Waals surface area (Å²) in [6.07, 6.45) is 12.5. The standard InChI is InChI=1S/C17H23N5O/c23-17(20-13-7-6-12-9-18-21-15(12)8-13)14-10-19-22-16(14)11-4-2-1-3-5-11/h9-11,13H,1-8H2,(H,18,21)(H,19,22)(H,20,23)/t13-/m0/s1. The van der Waals surface area contributed by atoms with Crippen LogP contribution < -0.4 is 5.32 Å². The van der Waals surface area contributed by atoms with Gasteiger partial charge in [0.1, 0.15) is 0 Å². The lowest BCUT2D eigenvalue weighted by molar-refractivity contribution is 0.0931. The molecule has 2 aromatic rings. The maximum Gasteiger partial charge on any atom is 0.254 e. The van der Waals surface area contributed by atoms with Gasteiger partial charge in [0.25, 0.3) is 5.91 Å². The maximum atomic E-state index is 12.7. The van der Waals surface area contributed by atoms with E-state index in [1.54, 1.807) is 6.20 Å². The Bertz CT molecular complexity index is 683. The van der Waals surface area contributed by atoms with Gasteiger partial charge < -0.3 is 5.32 Å². The molecule has 0 saturated heterocycles. The normalized spacial score (nSPS) is 21.8. The average molecular weight is 313 g/mol. The molecule has 6 heteroatoms. The molecule has 0 unspecified atom stereocenters. The van der Waals surface area contributed by atoms with Crippen LogP contribution in [0.3, 0.4) is 0 Å². The zero-order chi connectivity index (χ0) is 15.6. The van der Waals surface area contributed by atoms with Crippen molar-refractivity contribution in [1.29, 1.82) is 0 Å². The summed E-state index contributed by atoms with van der Waals surface area (Å²) in [6.45, 7) is 0. The minimum absolute atomic E-state index is 0.00675. The van der Waals surface area contributed by atoms with Crippen LogP contribution in [0.25, 0.3) is 0 Å². The van der Waals surface area contributed by atoms with Crippen molar-refractivity contribution in [3.8, 4) is 0 Å². The topological polar surface area (TPSA) is 86.5 Å². The highest BCUT2D eigenvalue weighted by atomic mass is 16.1. The number of nitrogens with zero attached hydrogens (tertiary/aromatic N) is 2. The van der Waals surface area contributed by atoms with Crippen LogP contribution in [0.4, 0.5) is 0 Å². The van der Waals surface area contributed by atoms with E-state index in [1.165, 1.54) is 24.8 Å². The smallest absolute Gasteiger partial charge is 0.254 e. The summed E-state index contributed by atoms with van der Waals surface area (Å²) in [4.78, 5) is 12.7. The second-order valence-corrected chi connectivity index (χ2v) is 6.82. The third kappa shape index (κ3) is 2.90. The van der Waals surface area contributed by atoms with Gasteiger partial charge in [0.05, 0.1) is 23.7 Å². The Morgan fingerprint density at radius 3 is 2.78 bits per heavy atom. The van der Waals surface area contributed by atoms with Gasteiger partial charge in [-0.05, 0) is 31.2 Å². The lowest BCUT2D eigenvalue weighted by Gasteiger charge is -2.24. The second kappa shape index (κ2) is 6.18. The average Bonchev–Trinajstić information content (AvgIpc) is 3.24. The Balaban J connectivity index is 1.45. The highest BCUT2D eigenvalue weighted by Gasteiger charge is 2.26. The zero-order valence-electron chi connectivity index (χ0n) is 13.3. The lowest BCUT2D eigenvalue weighted by atomic mass is 9.85. The van der Waals surface area contributed by atoms with E-state index in [0.29, 0.717) is 5.92 Å². The number of aromatic amines is 2. The minimum atomic E-state index is 0.00675. The zero-order valence-corrected chi connectivity index (χ0v) is 13.3. The summed E-state index contributed by atoms with van der Waals surface area (Å²) in [6, 6.07) is 0.171. The molecular weight excluding hydrogens is 290 g/mol. The summed E-state index contributed by atoms with van der Waals surface area (Å²) in [7, 11) is 0. The van der Waals surface area contributed by atoms with Crippen LogP contribution in [0.15, 0.2) is 12.4 Å². The molecule has 1 fully saturated rings. The van der Waals surface area contributed by atoms with Gasteiger partial charge in [0.15, 0.2) is 0 Å². The predicted octanol–water partition coefficient (Wildman–Crippen LogP) is 2.47. The third-order valence-electron chi connectivity index (χ3n) is 5.28. The molecule has 2 aliphatic rings. The first-order valence-electron chi connectivity index (χ1n) is 8.66. The number of hydrogen-bond acceptors (Lipinski definition) is 3. The Morgan fingerprint density at radius 1 is 1.09 bits per heavy atom. The Hall–Kier alpha value is -2.11. The van der Waals surface area contributed by atoms with E-state index in [0.717, 1.165) is 49.1 Å². The molecule has 0 aromatic carbocycles. The first-order valence-corrected chi connectivity index (χ1v) is 8.66. The summed E-state index contributed by atoms with van der Waals surface area (Å²) < 4.78 is 0. The number of nitrogens with one attached hydrogen (secondary N) is 3. The fourth-order valence-corrected chi connectivity index (χ4v) is 3.97. The van der Waals surface area contributed by atoms with E-state index in [1.807, 2.05) is 6.20 Å². The lowest BCUT2D eigenvalue weighted by Crippen LogP contribution is -2.39. The van der Waals surface area contributed by atoms with Gasteiger partial charge in [0.2, 0.25) is 0 Å². The molecule has 6 nitrogen and oxygen atoms in total. The minimum Gasteiger partial charge on any atom is -0.349 e. The van der Waals surface area contributed by atoms with E-state index in [2.05, 4.69) is 25.7 Å². The molecule has 4 rings (SSSR count).